The van der Waals surface area contributed by atoms with Crippen molar-refractivity contribution < 1.29 is 4.79 Å². The van der Waals surface area contributed by atoms with Crippen LogP contribution in [0.4, 0.5) is 4.79 Å². The highest BCUT2D eigenvalue weighted by atomic mass is 16.2. The standard InChI is InChI=1S/C16H25N3O/c1-16(2,3)18-15(20)19-9-6-13(7-10-19)11-14-5-4-8-17-12-14/h4-5,8,12-13H,6-7,9-11H2,1-3H3,(H,18,20). The molecule has 0 radical (unpaired) electrons. The molecule has 110 valence electrons. The maximum absolute atomic E-state index is 12.1. The predicted octanol–water partition coefficient (Wildman–Crippen LogP) is 2.84. The number of rotatable bonds is 2. The molecule has 1 aromatic rings. The van der Waals surface area contributed by atoms with Gasteiger partial charge in [-0.15, -0.1) is 0 Å². The molecule has 4 nitrogen and oxygen atoms in total. The number of carbonyl (C=O) groups excluding carboxylic acids is 1. The summed E-state index contributed by atoms with van der Waals surface area (Å²) in [6, 6.07) is 4.18. The first-order valence-corrected chi connectivity index (χ1v) is 7.40. The summed E-state index contributed by atoms with van der Waals surface area (Å²) in [5, 5.41) is 3.03. The maximum atomic E-state index is 12.1. The molecule has 1 aliphatic rings. The van der Waals surface area contributed by atoms with Gasteiger partial charge in [0, 0.05) is 31.0 Å². The van der Waals surface area contributed by atoms with Crippen molar-refractivity contribution in [3.05, 3.63) is 30.1 Å². The van der Waals surface area contributed by atoms with Crippen molar-refractivity contribution in [2.45, 2.75) is 45.6 Å². The highest BCUT2D eigenvalue weighted by molar-refractivity contribution is 5.75. The highest BCUT2D eigenvalue weighted by Crippen LogP contribution is 2.21. The van der Waals surface area contributed by atoms with E-state index in [1.165, 1.54) is 5.56 Å². The fourth-order valence-corrected chi connectivity index (χ4v) is 2.59. The Labute approximate surface area is 121 Å². The summed E-state index contributed by atoms with van der Waals surface area (Å²) in [5.74, 6) is 0.665. The van der Waals surface area contributed by atoms with E-state index >= 15 is 0 Å². The molecule has 2 rings (SSSR count). The van der Waals surface area contributed by atoms with E-state index in [9.17, 15) is 4.79 Å². The second-order valence-corrected chi connectivity index (χ2v) is 6.68. The summed E-state index contributed by atoms with van der Waals surface area (Å²) >= 11 is 0. The number of piperidine rings is 1. The first-order chi connectivity index (χ1) is 9.44. The largest absolute Gasteiger partial charge is 0.333 e. The van der Waals surface area contributed by atoms with Gasteiger partial charge in [-0.25, -0.2) is 4.79 Å². The number of hydrogen-bond acceptors (Lipinski definition) is 2. The zero-order valence-corrected chi connectivity index (χ0v) is 12.7. The number of nitrogens with zero attached hydrogens (tertiary/aromatic N) is 2. The molecule has 1 saturated heterocycles. The van der Waals surface area contributed by atoms with Gasteiger partial charge in [-0.2, -0.15) is 0 Å². The lowest BCUT2D eigenvalue weighted by molar-refractivity contribution is 0.163. The van der Waals surface area contributed by atoms with Crippen LogP contribution in [-0.2, 0) is 6.42 Å². The van der Waals surface area contributed by atoms with Crippen molar-refractivity contribution in [2.24, 2.45) is 5.92 Å². The van der Waals surface area contributed by atoms with Crippen LogP contribution in [0.15, 0.2) is 24.5 Å². The van der Waals surface area contributed by atoms with E-state index in [-0.39, 0.29) is 11.6 Å². The van der Waals surface area contributed by atoms with Gasteiger partial charge in [0.25, 0.3) is 0 Å². The number of nitrogens with one attached hydrogen (secondary N) is 1. The molecule has 0 atom stereocenters. The van der Waals surface area contributed by atoms with E-state index < -0.39 is 0 Å². The molecule has 0 aliphatic carbocycles. The van der Waals surface area contributed by atoms with Crippen LogP contribution < -0.4 is 5.32 Å². The Morgan fingerprint density at radius 3 is 2.65 bits per heavy atom. The van der Waals surface area contributed by atoms with E-state index in [1.807, 2.05) is 44.1 Å². The number of likely N-dealkylation sites (tertiary alicyclic amines) is 1. The van der Waals surface area contributed by atoms with Crippen LogP contribution in [-0.4, -0.2) is 34.5 Å². The molecular weight excluding hydrogens is 250 g/mol. The Kier molecular flexibility index (Phi) is 4.63. The maximum Gasteiger partial charge on any atom is 0.317 e. The predicted molar refractivity (Wildman–Crippen MR) is 80.5 cm³/mol. The summed E-state index contributed by atoms with van der Waals surface area (Å²) in [6.45, 7) is 7.75. The normalized spacial score (nSPS) is 17.1. The monoisotopic (exact) mass is 275 g/mol. The minimum atomic E-state index is -0.163. The average Bonchev–Trinajstić information content (AvgIpc) is 2.39. The van der Waals surface area contributed by atoms with Crippen molar-refractivity contribution in [1.29, 1.82) is 0 Å². The second-order valence-electron chi connectivity index (χ2n) is 6.68. The molecule has 2 amide bonds. The Bertz CT molecular complexity index is 431. The fourth-order valence-electron chi connectivity index (χ4n) is 2.59. The van der Waals surface area contributed by atoms with Crippen LogP contribution in [0.1, 0.15) is 39.2 Å². The molecule has 20 heavy (non-hydrogen) atoms. The smallest absolute Gasteiger partial charge is 0.317 e. The summed E-state index contributed by atoms with van der Waals surface area (Å²) in [7, 11) is 0. The molecule has 1 aliphatic heterocycles. The summed E-state index contributed by atoms with van der Waals surface area (Å²) < 4.78 is 0. The van der Waals surface area contributed by atoms with Crippen molar-refractivity contribution in [3.8, 4) is 0 Å². The number of pyridine rings is 1. The minimum Gasteiger partial charge on any atom is -0.333 e. The van der Waals surface area contributed by atoms with E-state index in [0.717, 1.165) is 32.4 Å². The van der Waals surface area contributed by atoms with E-state index in [1.54, 1.807) is 0 Å². The van der Waals surface area contributed by atoms with Crippen LogP contribution >= 0.6 is 0 Å². The SMILES string of the molecule is CC(C)(C)NC(=O)N1CCC(Cc2cccnc2)CC1. The number of carbonyl (C=O) groups is 1. The third-order valence-corrected chi connectivity index (χ3v) is 3.63. The van der Waals surface area contributed by atoms with Gasteiger partial charge < -0.3 is 10.2 Å². The third kappa shape index (κ3) is 4.51. The Morgan fingerprint density at radius 1 is 1.40 bits per heavy atom. The van der Waals surface area contributed by atoms with Crippen LogP contribution in [0.3, 0.4) is 0 Å². The average molecular weight is 275 g/mol. The van der Waals surface area contributed by atoms with Crippen LogP contribution in [0, 0.1) is 5.92 Å². The first-order valence-electron chi connectivity index (χ1n) is 7.40. The summed E-state index contributed by atoms with van der Waals surface area (Å²) in [5.41, 5.74) is 1.13. The lowest BCUT2D eigenvalue weighted by atomic mass is 9.91. The quantitative estimate of drug-likeness (QED) is 0.902. The van der Waals surface area contributed by atoms with Gasteiger partial charge in [-0.05, 0) is 57.6 Å². The molecule has 1 N–H and O–H groups in total. The van der Waals surface area contributed by atoms with Gasteiger partial charge in [-0.3, -0.25) is 4.98 Å². The molecule has 0 unspecified atom stereocenters. The van der Waals surface area contributed by atoms with Gasteiger partial charge in [-0.1, -0.05) is 6.07 Å². The van der Waals surface area contributed by atoms with Crippen LogP contribution in [0.2, 0.25) is 0 Å². The van der Waals surface area contributed by atoms with Crippen molar-refractivity contribution in [2.75, 3.05) is 13.1 Å². The van der Waals surface area contributed by atoms with Gasteiger partial charge in [0.05, 0.1) is 0 Å². The number of hydrogen-bond donors (Lipinski definition) is 1. The van der Waals surface area contributed by atoms with E-state index in [0.29, 0.717) is 5.92 Å². The fraction of sp³-hybridized carbons (Fsp3) is 0.625. The van der Waals surface area contributed by atoms with Gasteiger partial charge >= 0.3 is 6.03 Å². The molecule has 0 aromatic carbocycles. The Morgan fingerprint density at radius 2 is 2.10 bits per heavy atom. The minimum absolute atomic E-state index is 0.0670. The lowest BCUT2D eigenvalue weighted by Crippen LogP contribution is -2.50. The number of urea groups is 1. The van der Waals surface area contributed by atoms with Crippen molar-refractivity contribution in [3.63, 3.8) is 0 Å². The molecule has 1 aromatic heterocycles. The third-order valence-electron chi connectivity index (χ3n) is 3.63. The molecule has 1 fully saturated rings. The molecular formula is C16H25N3O. The van der Waals surface area contributed by atoms with Gasteiger partial charge in [0.15, 0.2) is 0 Å². The Hall–Kier alpha value is -1.58. The number of amides is 2. The first kappa shape index (κ1) is 14.8. The van der Waals surface area contributed by atoms with Crippen LogP contribution in [0.25, 0.3) is 0 Å². The van der Waals surface area contributed by atoms with Gasteiger partial charge in [0.2, 0.25) is 0 Å². The topological polar surface area (TPSA) is 45.2 Å². The molecule has 0 bridgehead atoms. The molecule has 0 saturated carbocycles. The zero-order chi connectivity index (χ0) is 14.6. The highest BCUT2D eigenvalue weighted by Gasteiger charge is 2.25. The van der Waals surface area contributed by atoms with Crippen molar-refractivity contribution in [1.82, 2.24) is 15.2 Å². The molecule has 4 heteroatoms. The van der Waals surface area contributed by atoms with Gasteiger partial charge in [0.1, 0.15) is 0 Å². The van der Waals surface area contributed by atoms with E-state index in [2.05, 4.69) is 16.4 Å². The lowest BCUT2D eigenvalue weighted by Gasteiger charge is -2.34. The van der Waals surface area contributed by atoms with E-state index in [4.69, 9.17) is 0 Å². The zero-order valence-electron chi connectivity index (χ0n) is 12.7. The molecule has 2 heterocycles. The molecule has 0 spiro atoms. The number of aromatic nitrogens is 1. The second kappa shape index (κ2) is 6.25. The van der Waals surface area contributed by atoms with Crippen molar-refractivity contribution >= 4 is 6.03 Å². The summed E-state index contributed by atoms with van der Waals surface area (Å²) in [4.78, 5) is 18.2. The van der Waals surface area contributed by atoms with Crippen LogP contribution in [0.5, 0.6) is 0 Å². The summed E-state index contributed by atoms with van der Waals surface area (Å²) in [6.07, 6.45) is 6.98. The Balaban J connectivity index is 1.79.